The predicted molar refractivity (Wildman–Crippen MR) is 121 cm³/mol. The molecule has 0 aromatic carbocycles. The van der Waals surface area contributed by atoms with Gasteiger partial charge in [-0.1, -0.05) is 6.42 Å². The first-order valence-electron chi connectivity index (χ1n) is 11.2. The van der Waals surface area contributed by atoms with E-state index in [9.17, 15) is 19.8 Å². The quantitative estimate of drug-likeness (QED) is 0.178. The molecule has 3 aliphatic rings. The molecule has 2 aromatic heterocycles. The lowest BCUT2D eigenvalue weighted by Crippen LogP contribution is -2.38. The van der Waals surface area contributed by atoms with Crippen LogP contribution in [0.15, 0.2) is 12.7 Å². The summed E-state index contributed by atoms with van der Waals surface area (Å²) >= 11 is 1.83. The van der Waals surface area contributed by atoms with Gasteiger partial charge in [0, 0.05) is 17.4 Å². The molecule has 3 saturated heterocycles. The maximum atomic E-state index is 12.5. The van der Waals surface area contributed by atoms with Crippen molar-refractivity contribution in [1.29, 1.82) is 0 Å². The monoisotopic (exact) mass is 493 g/mol. The number of hydrogen-bond donors (Lipinski definition) is 5. The molecule has 0 aliphatic carbocycles. The molecule has 13 nitrogen and oxygen atoms in total. The summed E-state index contributed by atoms with van der Waals surface area (Å²) in [6.45, 7) is -0.434. The van der Waals surface area contributed by atoms with E-state index in [4.69, 9.17) is 15.2 Å². The highest BCUT2D eigenvalue weighted by Crippen LogP contribution is 2.35. The number of unbranched alkanes of at least 4 members (excludes halogenated alkanes) is 1. The van der Waals surface area contributed by atoms with Gasteiger partial charge in [0.1, 0.15) is 24.1 Å². The van der Waals surface area contributed by atoms with Gasteiger partial charge in [-0.25, -0.2) is 19.7 Å². The Bertz CT molecular complexity index is 1070. The number of carbonyl (C=O) groups excluding carboxylic acids is 2. The summed E-state index contributed by atoms with van der Waals surface area (Å²) in [5, 5.41) is 26.8. The van der Waals surface area contributed by atoms with Crippen molar-refractivity contribution in [3.8, 4) is 0 Å². The second-order valence-corrected chi connectivity index (χ2v) is 9.92. The summed E-state index contributed by atoms with van der Waals surface area (Å²) in [5.41, 5.74) is 6.54. The fourth-order valence-electron chi connectivity index (χ4n) is 4.77. The Labute approximate surface area is 198 Å². The highest BCUT2D eigenvalue weighted by atomic mass is 32.2. The molecule has 0 unspecified atom stereocenters. The van der Waals surface area contributed by atoms with Crippen LogP contribution in [-0.4, -0.2) is 89.7 Å². The Hall–Kier alpha value is -2.68. The zero-order chi connectivity index (χ0) is 23.8. The first-order chi connectivity index (χ1) is 16.5. The van der Waals surface area contributed by atoms with Crippen molar-refractivity contribution in [2.45, 2.75) is 67.6 Å². The zero-order valence-corrected chi connectivity index (χ0v) is 19.1. The van der Waals surface area contributed by atoms with Gasteiger partial charge >= 0.3 is 12.0 Å². The van der Waals surface area contributed by atoms with Crippen molar-refractivity contribution in [1.82, 2.24) is 30.2 Å². The molecule has 6 N–H and O–H groups in total. The summed E-state index contributed by atoms with van der Waals surface area (Å²) < 4.78 is 12.8. The van der Waals surface area contributed by atoms with E-state index < -0.39 is 37.1 Å². The van der Waals surface area contributed by atoms with Gasteiger partial charge in [0.25, 0.3) is 0 Å². The highest BCUT2D eigenvalue weighted by Gasteiger charge is 2.47. The zero-order valence-electron chi connectivity index (χ0n) is 18.2. The van der Waals surface area contributed by atoms with E-state index in [1.54, 1.807) is 0 Å². The maximum Gasteiger partial charge on any atom is 0.315 e. The normalized spacial score (nSPS) is 32.5. The fraction of sp³-hybridized carbons (Fsp3) is 0.650. The van der Waals surface area contributed by atoms with Crippen LogP contribution < -0.4 is 16.4 Å². The van der Waals surface area contributed by atoms with Crippen molar-refractivity contribution in [2.24, 2.45) is 0 Å². The van der Waals surface area contributed by atoms with E-state index in [1.807, 2.05) is 11.8 Å². The number of nitrogen functional groups attached to an aromatic ring is 1. The molecule has 0 spiro atoms. The number of amides is 2. The Kier molecular flexibility index (Phi) is 6.46. The molecule has 0 radical (unpaired) electrons. The van der Waals surface area contributed by atoms with Crippen LogP contribution in [-0.2, 0) is 14.3 Å². The van der Waals surface area contributed by atoms with Crippen LogP contribution in [0.5, 0.6) is 0 Å². The minimum atomic E-state index is -1.24. The highest BCUT2D eigenvalue weighted by molar-refractivity contribution is 8.00. The number of carbonyl (C=O) groups is 2. The summed E-state index contributed by atoms with van der Waals surface area (Å²) in [6, 6.07) is 0.199. The summed E-state index contributed by atoms with van der Waals surface area (Å²) in [4.78, 5) is 36.2. The number of aliphatic hydroxyl groups excluding tert-OH is 2. The third-order valence-electron chi connectivity index (χ3n) is 6.48. The minimum absolute atomic E-state index is 0.113. The van der Waals surface area contributed by atoms with Gasteiger partial charge in [-0.2, -0.15) is 11.8 Å². The topological polar surface area (TPSA) is 187 Å². The van der Waals surface area contributed by atoms with E-state index in [0.717, 1.165) is 18.6 Å². The average Bonchev–Trinajstić information content (AvgIpc) is 3.56. The van der Waals surface area contributed by atoms with Crippen LogP contribution in [0.2, 0.25) is 0 Å². The SMILES string of the molecule is Nc1ncnc2c1ncn2[C@@H]1O[C@H](CO)[C@H](OC(=O)CCCC[C@@H]2SC[C@@H]3NC(=O)N[C@@H]32)[C@H]1O. The van der Waals surface area contributed by atoms with Gasteiger partial charge in [-0.05, 0) is 12.8 Å². The van der Waals surface area contributed by atoms with E-state index in [1.165, 1.54) is 17.2 Å². The number of rotatable bonds is 8. The van der Waals surface area contributed by atoms with Crippen LogP contribution in [0.4, 0.5) is 10.6 Å². The van der Waals surface area contributed by atoms with Gasteiger partial charge < -0.3 is 36.1 Å². The Morgan fingerprint density at radius 1 is 1.32 bits per heavy atom. The van der Waals surface area contributed by atoms with Gasteiger partial charge in [0.05, 0.1) is 25.0 Å². The predicted octanol–water partition coefficient (Wildman–Crippen LogP) is -0.703. The van der Waals surface area contributed by atoms with E-state index in [-0.39, 0.29) is 30.4 Å². The number of urea groups is 1. The summed E-state index contributed by atoms with van der Waals surface area (Å²) in [5.74, 6) is 0.613. The number of anilines is 1. The third kappa shape index (κ3) is 4.26. The van der Waals surface area contributed by atoms with E-state index in [0.29, 0.717) is 22.8 Å². The van der Waals surface area contributed by atoms with Gasteiger partial charge in [-0.15, -0.1) is 0 Å². The lowest BCUT2D eigenvalue weighted by Gasteiger charge is -2.20. The molecule has 7 atom stereocenters. The number of ether oxygens (including phenoxy) is 2. The number of nitrogens with one attached hydrogen (secondary N) is 2. The largest absolute Gasteiger partial charge is 0.457 e. The molecular formula is C20H27N7O6S. The summed E-state index contributed by atoms with van der Waals surface area (Å²) in [6.07, 6.45) is 1.05. The van der Waals surface area contributed by atoms with Crippen LogP contribution >= 0.6 is 11.8 Å². The van der Waals surface area contributed by atoms with Crippen LogP contribution in [0, 0.1) is 0 Å². The smallest absolute Gasteiger partial charge is 0.315 e. The number of nitrogens with two attached hydrogens (primary N) is 1. The minimum Gasteiger partial charge on any atom is -0.457 e. The molecule has 2 amide bonds. The molecule has 5 rings (SSSR count). The molecule has 184 valence electrons. The van der Waals surface area contributed by atoms with Crippen LogP contribution in [0.1, 0.15) is 31.9 Å². The number of aromatic nitrogens is 4. The number of fused-ring (bicyclic) bond motifs is 2. The first kappa shape index (κ1) is 23.1. The lowest BCUT2D eigenvalue weighted by molar-refractivity contribution is -0.156. The number of nitrogens with zero attached hydrogens (tertiary/aromatic N) is 4. The van der Waals surface area contributed by atoms with Gasteiger partial charge in [-0.3, -0.25) is 9.36 Å². The Morgan fingerprint density at radius 2 is 2.18 bits per heavy atom. The lowest BCUT2D eigenvalue weighted by atomic mass is 10.0. The van der Waals surface area contributed by atoms with Crippen LogP contribution in [0.25, 0.3) is 11.2 Å². The van der Waals surface area contributed by atoms with Gasteiger partial charge in [0.15, 0.2) is 23.8 Å². The Morgan fingerprint density at radius 3 is 3.00 bits per heavy atom. The van der Waals surface area contributed by atoms with Crippen LogP contribution in [0.3, 0.4) is 0 Å². The van der Waals surface area contributed by atoms with Crippen molar-refractivity contribution >= 4 is 40.7 Å². The molecular weight excluding hydrogens is 466 g/mol. The average molecular weight is 494 g/mol. The summed E-state index contributed by atoms with van der Waals surface area (Å²) in [7, 11) is 0. The molecule has 0 bridgehead atoms. The second-order valence-electron chi connectivity index (χ2n) is 8.64. The standard InChI is InChI=1S/C20H27N7O6S/c21-17-14-18(23-7-22-17)27(8-24-14)19-15(30)16(10(5-28)32-19)33-12(29)4-2-1-3-11-13-9(6-34-11)25-20(31)26-13/h7-11,13,15-16,19,28,30H,1-6H2,(H2,21,22,23)(H2,25,26,31)/t9-,10+,11-,13-,15+,16-,19+/m0/s1. The Balaban J connectivity index is 1.14. The molecule has 3 fully saturated rings. The molecule has 3 aliphatic heterocycles. The van der Waals surface area contributed by atoms with Crippen molar-refractivity contribution in [3.63, 3.8) is 0 Å². The number of thioether (sulfide) groups is 1. The van der Waals surface area contributed by atoms with E-state index in [2.05, 4.69) is 25.6 Å². The molecule has 2 aromatic rings. The number of hydrogen-bond acceptors (Lipinski definition) is 11. The number of aliphatic hydroxyl groups is 2. The molecule has 0 saturated carbocycles. The second kappa shape index (κ2) is 9.52. The first-order valence-corrected chi connectivity index (χ1v) is 12.3. The van der Waals surface area contributed by atoms with Crippen molar-refractivity contribution in [2.75, 3.05) is 18.1 Å². The van der Waals surface area contributed by atoms with Crippen molar-refractivity contribution < 1.29 is 29.3 Å². The molecule has 5 heterocycles. The third-order valence-corrected chi connectivity index (χ3v) is 7.98. The number of imidazole rings is 1. The molecule has 14 heteroatoms. The van der Waals surface area contributed by atoms with Crippen molar-refractivity contribution in [3.05, 3.63) is 12.7 Å². The maximum absolute atomic E-state index is 12.5. The number of esters is 1. The van der Waals surface area contributed by atoms with Gasteiger partial charge in [0.2, 0.25) is 0 Å². The fourth-order valence-corrected chi connectivity index (χ4v) is 6.31. The molecule has 34 heavy (non-hydrogen) atoms. The van der Waals surface area contributed by atoms with E-state index >= 15 is 0 Å².